The molecule has 0 atom stereocenters. The van der Waals surface area contributed by atoms with Gasteiger partial charge in [-0.1, -0.05) is 24.3 Å². The number of benzene rings is 2. The van der Waals surface area contributed by atoms with Crippen molar-refractivity contribution >= 4 is 11.8 Å². The quantitative estimate of drug-likeness (QED) is 0.833. The second-order valence-corrected chi connectivity index (χ2v) is 7.05. The number of ether oxygens (including phenoxy) is 1. The van der Waals surface area contributed by atoms with E-state index in [2.05, 4.69) is 5.32 Å². The first-order valence-corrected chi connectivity index (χ1v) is 9.50. The predicted octanol–water partition coefficient (Wildman–Crippen LogP) is 3.05. The lowest BCUT2D eigenvalue weighted by molar-refractivity contribution is -0.120. The Kier molecular flexibility index (Phi) is 6.63. The van der Waals surface area contributed by atoms with E-state index < -0.39 is 5.82 Å². The van der Waals surface area contributed by atoms with Crippen LogP contribution < -0.4 is 10.1 Å². The number of amides is 2. The summed E-state index contributed by atoms with van der Waals surface area (Å²) in [4.78, 5) is 26.3. The topological polar surface area (TPSA) is 58.6 Å². The maximum atomic E-state index is 13.8. The summed E-state index contributed by atoms with van der Waals surface area (Å²) in [7, 11) is 1.60. The third kappa shape index (κ3) is 5.09. The molecule has 0 aliphatic carbocycles. The van der Waals surface area contributed by atoms with Gasteiger partial charge in [-0.05, 0) is 48.6 Å². The van der Waals surface area contributed by atoms with Crippen LogP contribution in [0.2, 0.25) is 0 Å². The molecule has 148 valence electrons. The molecule has 1 aliphatic rings. The molecule has 0 aromatic heterocycles. The van der Waals surface area contributed by atoms with Gasteiger partial charge in [-0.15, -0.1) is 0 Å². The summed E-state index contributed by atoms with van der Waals surface area (Å²) < 4.78 is 19.0. The Morgan fingerprint density at radius 2 is 1.89 bits per heavy atom. The number of hydrogen-bond acceptors (Lipinski definition) is 3. The van der Waals surface area contributed by atoms with Gasteiger partial charge in [-0.3, -0.25) is 9.59 Å². The van der Waals surface area contributed by atoms with Crippen molar-refractivity contribution in [1.29, 1.82) is 0 Å². The number of halogens is 1. The fraction of sp³-hybridized carbons (Fsp3) is 0.364. The Hall–Kier alpha value is -2.89. The first-order valence-electron chi connectivity index (χ1n) is 9.50. The van der Waals surface area contributed by atoms with Crippen LogP contribution in [-0.2, 0) is 11.2 Å². The van der Waals surface area contributed by atoms with Crippen LogP contribution in [0.5, 0.6) is 5.75 Å². The Morgan fingerprint density at radius 3 is 2.61 bits per heavy atom. The molecule has 1 heterocycles. The van der Waals surface area contributed by atoms with Gasteiger partial charge in [-0.25, -0.2) is 4.39 Å². The van der Waals surface area contributed by atoms with Gasteiger partial charge in [0.05, 0.1) is 19.1 Å². The highest BCUT2D eigenvalue weighted by Crippen LogP contribution is 2.20. The molecule has 1 fully saturated rings. The average molecular weight is 384 g/mol. The van der Waals surface area contributed by atoms with Crippen LogP contribution in [-0.4, -0.2) is 43.5 Å². The lowest BCUT2D eigenvalue weighted by atomic mass is 9.96. The van der Waals surface area contributed by atoms with Gasteiger partial charge in [0.25, 0.3) is 5.91 Å². The minimum Gasteiger partial charge on any atom is -0.497 e. The molecule has 3 rings (SSSR count). The molecule has 0 bridgehead atoms. The number of rotatable bonds is 6. The van der Waals surface area contributed by atoms with E-state index in [1.54, 1.807) is 24.1 Å². The Labute approximate surface area is 164 Å². The number of carbonyl (C=O) groups excluding carboxylic acids is 2. The van der Waals surface area contributed by atoms with E-state index in [4.69, 9.17) is 4.74 Å². The smallest absolute Gasteiger partial charge is 0.256 e. The molecule has 0 unspecified atom stereocenters. The van der Waals surface area contributed by atoms with Crippen LogP contribution in [0.25, 0.3) is 0 Å². The minimum absolute atomic E-state index is 0.0295. The maximum Gasteiger partial charge on any atom is 0.256 e. The zero-order valence-electron chi connectivity index (χ0n) is 16.0. The number of piperidine rings is 1. The molecular formula is C22H25FN2O3. The van der Waals surface area contributed by atoms with Gasteiger partial charge in [0.15, 0.2) is 0 Å². The number of likely N-dealkylation sites (tertiary alicyclic amines) is 1. The van der Waals surface area contributed by atoms with E-state index >= 15 is 0 Å². The van der Waals surface area contributed by atoms with Crippen molar-refractivity contribution in [3.05, 3.63) is 65.5 Å². The summed E-state index contributed by atoms with van der Waals surface area (Å²) >= 11 is 0. The lowest BCUT2D eigenvalue weighted by Crippen LogP contribution is -2.42. The van der Waals surface area contributed by atoms with Crippen molar-refractivity contribution in [1.82, 2.24) is 10.2 Å². The summed E-state index contributed by atoms with van der Waals surface area (Å²) in [5, 5.41) is 2.98. The molecular weight excluding hydrogens is 359 g/mol. The Bertz CT molecular complexity index is 832. The molecule has 2 amide bonds. The second kappa shape index (κ2) is 9.35. The molecule has 0 spiro atoms. The van der Waals surface area contributed by atoms with E-state index in [0.29, 0.717) is 32.0 Å². The molecule has 1 aliphatic heterocycles. The number of nitrogens with zero attached hydrogens (tertiary/aromatic N) is 1. The fourth-order valence-corrected chi connectivity index (χ4v) is 3.43. The van der Waals surface area contributed by atoms with Gasteiger partial charge in [0, 0.05) is 19.6 Å². The van der Waals surface area contributed by atoms with Gasteiger partial charge in [-0.2, -0.15) is 0 Å². The van der Waals surface area contributed by atoms with Crippen LogP contribution in [0.4, 0.5) is 4.39 Å². The number of carbonyl (C=O) groups is 2. The standard InChI is InChI=1S/C22H25FN2O3/c1-28-18-6-4-5-17(13-18)14-21(26)24-15-16-9-11-25(12-10-16)22(27)19-7-2-3-8-20(19)23/h2-8,13,16H,9-12,14-15H2,1H3,(H,24,26). The van der Waals surface area contributed by atoms with Crippen molar-refractivity contribution in [2.45, 2.75) is 19.3 Å². The van der Waals surface area contributed by atoms with Crippen molar-refractivity contribution in [2.75, 3.05) is 26.7 Å². The summed E-state index contributed by atoms with van der Waals surface area (Å²) in [6.45, 7) is 1.73. The van der Waals surface area contributed by atoms with Crippen molar-refractivity contribution in [3.63, 3.8) is 0 Å². The van der Waals surface area contributed by atoms with Gasteiger partial charge < -0.3 is 15.0 Å². The Morgan fingerprint density at radius 1 is 1.14 bits per heavy atom. The SMILES string of the molecule is COc1cccc(CC(=O)NCC2CCN(C(=O)c3ccccc3F)CC2)c1. The maximum absolute atomic E-state index is 13.8. The van der Waals surface area contributed by atoms with Gasteiger partial charge >= 0.3 is 0 Å². The zero-order valence-corrected chi connectivity index (χ0v) is 16.0. The molecule has 6 heteroatoms. The molecule has 2 aromatic rings. The van der Waals surface area contributed by atoms with Gasteiger partial charge in [0.1, 0.15) is 11.6 Å². The monoisotopic (exact) mass is 384 g/mol. The van der Waals surface area contributed by atoms with E-state index in [9.17, 15) is 14.0 Å². The first-order chi connectivity index (χ1) is 13.6. The summed E-state index contributed by atoms with van der Waals surface area (Å²) in [5.41, 5.74) is 1.02. The van der Waals surface area contributed by atoms with E-state index in [1.165, 1.54) is 12.1 Å². The highest BCUT2D eigenvalue weighted by atomic mass is 19.1. The van der Waals surface area contributed by atoms with Crippen molar-refractivity contribution < 1.29 is 18.7 Å². The molecule has 1 N–H and O–H groups in total. The van der Waals surface area contributed by atoms with E-state index in [0.717, 1.165) is 24.2 Å². The summed E-state index contributed by atoms with van der Waals surface area (Å²) in [6.07, 6.45) is 1.89. The van der Waals surface area contributed by atoms with Gasteiger partial charge in [0.2, 0.25) is 5.91 Å². The molecule has 1 saturated heterocycles. The highest BCUT2D eigenvalue weighted by molar-refractivity contribution is 5.94. The van der Waals surface area contributed by atoms with Crippen LogP contribution in [0, 0.1) is 11.7 Å². The fourth-order valence-electron chi connectivity index (χ4n) is 3.43. The normalized spacial score (nSPS) is 14.6. The van der Waals surface area contributed by atoms with Crippen LogP contribution in [0.3, 0.4) is 0 Å². The highest BCUT2D eigenvalue weighted by Gasteiger charge is 2.25. The number of nitrogens with one attached hydrogen (secondary N) is 1. The molecule has 0 saturated carbocycles. The van der Waals surface area contributed by atoms with Crippen molar-refractivity contribution in [3.8, 4) is 5.75 Å². The third-order valence-electron chi connectivity index (χ3n) is 5.09. The van der Waals surface area contributed by atoms with Crippen LogP contribution >= 0.6 is 0 Å². The zero-order chi connectivity index (χ0) is 19.9. The van der Waals surface area contributed by atoms with E-state index in [1.807, 2.05) is 24.3 Å². The minimum atomic E-state index is -0.487. The third-order valence-corrected chi connectivity index (χ3v) is 5.09. The van der Waals surface area contributed by atoms with E-state index in [-0.39, 0.29) is 17.4 Å². The first kappa shape index (κ1) is 19.9. The van der Waals surface area contributed by atoms with Crippen LogP contribution in [0.15, 0.2) is 48.5 Å². The lowest BCUT2D eigenvalue weighted by Gasteiger charge is -2.32. The molecule has 2 aromatic carbocycles. The molecule has 28 heavy (non-hydrogen) atoms. The molecule has 0 radical (unpaired) electrons. The summed E-state index contributed by atoms with van der Waals surface area (Å²) in [6, 6.07) is 13.5. The summed E-state index contributed by atoms with van der Waals surface area (Å²) in [5.74, 6) is 0.271. The van der Waals surface area contributed by atoms with Crippen LogP contribution in [0.1, 0.15) is 28.8 Å². The largest absolute Gasteiger partial charge is 0.497 e. The average Bonchev–Trinajstić information content (AvgIpc) is 2.72. The second-order valence-electron chi connectivity index (χ2n) is 7.05. The predicted molar refractivity (Wildman–Crippen MR) is 105 cm³/mol. The number of hydrogen-bond donors (Lipinski definition) is 1. The van der Waals surface area contributed by atoms with Crippen molar-refractivity contribution in [2.24, 2.45) is 5.92 Å². The Balaban J connectivity index is 1.43. The molecule has 5 nitrogen and oxygen atoms in total. The number of methoxy groups -OCH3 is 1.